The van der Waals surface area contributed by atoms with E-state index in [1.165, 1.54) is 6.20 Å². The summed E-state index contributed by atoms with van der Waals surface area (Å²) in [6.45, 7) is 6.73. The van der Waals surface area contributed by atoms with E-state index in [0.717, 1.165) is 5.56 Å². The SMILES string of the molecule is CCC(C)C(NC(=O)c1cn(CC)c2cc3c(cc2c1=O)OCO3)C(=O)NCCc1ccc(O)cc1. The lowest BCUT2D eigenvalue weighted by atomic mass is 9.97. The zero-order valence-electron chi connectivity index (χ0n) is 20.7. The molecule has 9 heteroatoms. The molecule has 0 bridgehead atoms. The second kappa shape index (κ2) is 10.7. The number of ether oxygens (including phenoxy) is 2. The van der Waals surface area contributed by atoms with Crippen molar-refractivity contribution in [3.8, 4) is 17.2 Å². The van der Waals surface area contributed by atoms with E-state index in [2.05, 4.69) is 10.6 Å². The number of carbonyl (C=O) groups excluding carboxylic acids is 2. The van der Waals surface area contributed by atoms with Gasteiger partial charge in [-0.25, -0.2) is 0 Å². The van der Waals surface area contributed by atoms with Crippen molar-refractivity contribution in [2.24, 2.45) is 5.92 Å². The molecule has 3 N–H and O–H groups in total. The minimum atomic E-state index is -0.802. The molecule has 0 radical (unpaired) electrons. The van der Waals surface area contributed by atoms with E-state index in [1.54, 1.807) is 36.4 Å². The molecule has 0 saturated heterocycles. The van der Waals surface area contributed by atoms with Crippen molar-refractivity contribution in [3.05, 3.63) is 63.9 Å². The fraction of sp³-hybridized carbons (Fsp3) is 0.370. The summed E-state index contributed by atoms with van der Waals surface area (Å²) < 4.78 is 12.7. The smallest absolute Gasteiger partial charge is 0.257 e. The summed E-state index contributed by atoms with van der Waals surface area (Å²) in [5.74, 6) is 0.151. The Morgan fingerprint density at radius 2 is 1.81 bits per heavy atom. The molecule has 2 atom stereocenters. The highest BCUT2D eigenvalue weighted by atomic mass is 16.7. The summed E-state index contributed by atoms with van der Waals surface area (Å²) in [6.07, 6.45) is 2.77. The largest absolute Gasteiger partial charge is 0.508 e. The monoisotopic (exact) mass is 493 g/mol. The number of phenols is 1. The molecule has 3 aromatic rings. The van der Waals surface area contributed by atoms with Gasteiger partial charge in [0.05, 0.1) is 10.9 Å². The van der Waals surface area contributed by atoms with Crippen LogP contribution in [-0.2, 0) is 17.8 Å². The van der Waals surface area contributed by atoms with Crippen molar-refractivity contribution in [2.75, 3.05) is 13.3 Å². The van der Waals surface area contributed by atoms with Crippen molar-refractivity contribution in [1.29, 1.82) is 0 Å². The summed E-state index contributed by atoms with van der Waals surface area (Å²) in [5.41, 5.74) is 1.15. The first-order valence-corrected chi connectivity index (χ1v) is 12.2. The van der Waals surface area contributed by atoms with Crippen LogP contribution >= 0.6 is 0 Å². The van der Waals surface area contributed by atoms with E-state index in [9.17, 15) is 19.5 Å². The molecular formula is C27H31N3O6. The molecule has 36 heavy (non-hydrogen) atoms. The Labute approximate surface area is 209 Å². The molecule has 2 unspecified atom stereocenters. The molecule has 0 spiro atoms. The molecule has 0 saturated carbocycles. The number of rotatable bonds is 9. The fourth-order valence-electron chi connectivity index (χ4n) is 4.23. The number of pyridine rings is 1. The van der Waals surface area contributed by atoms with Gasteiger partial charge in [-0.3, -0.25) is 14.4 Å². The highest BCUT2D eigenvalue weighted by Gasteiger charge is 2.28. The van der Waals surface area contributed by atoms with Crippen LogP contribution in [-0.4, -0.2) is 40.9 Å². The van der Waals surface area contributed by atoms with Gasteiger partial charge >= 0.3 is 0 Å². The van der Waals surface area contributed by atoms with Crippen LogP contribution in [0.5, 0.6) is 17.2 Å². The standard InChI is InChI=1S/C27H31N3O6/c1-4-16(3)24(27(34)28-11-10-17-6-8-18(31)9-7-17)29-26(33)20-14-30(5-2)21-13-23-22(35-15-36-23)12-19(21)25(20)32/h6-9,12-14,16,24,31H,4-5,10-11,15H2,1-3H3,(H,28,34)(H,29,33). The first kappa shape index (κ1) is 25.1. The summed E-state index contributed by atoms with van der Waals surface area (Å²) >= 11 is 0. The molecule has 2 aromatic carbocycles. The van der Waals surface area contributed by atoms with Crippen LogP contribution < -0.4 is 25.5 Å². The van der Waals surface area contributed by atoms with Crippen molar-refractivity contribution < 1.29 is 24.2 Å². The molecule has 1 aromatic heterocycles. The maximum absolute atomic E-state index is 13.3. The Morgan fingerprint density at radius 3 is 2.47 bits per heavy atom. The first-order chi connectivity index (χ1) is 17.3. The Hall–Kier alpha value is -4.01. The molecule has 190 valence electrons. The van der Waals surface area contributed by atoms with E-state index in [1.807, 2.05) is 25.3 Å². The minimum absolute atomic E-state index is 0.0339. The predicted octanol–water partition coefficient (Wildman–Crippen LogP) is 2.96. The number of aromatic hydroxyl groups is 1. The van der Waals surface area contributed by atoms with Crippen molar-refractivity contribution in [1.82, 2.24) is 15.2 Å². The third-order valence-corrected chi connectivity index (χ3v) is 6.59. The van der Waals surface area contributed by atoms with Crippen LogP contribution in [0.4, 0.5) is 0 Å². The van der Waals surface area contributed by atoms with Crippen LogP contribution in [0, 0.1) is 5.92 Å². The van der Waals surface area contributed by atoms with Gasteiger partial charge in [-0.05, 0) is 43.0 Å². The number of aromatic nitrogens is 1. The van der Waals surface area contributed by atoms with Crippen molar-refractivity contribution in [3.63, 3.8) is 0 Å². The van der Waals surface area contributed by atoms with Gasteiger partial charge in [0.15, 0.2) is 11.5 Å². The molecule has 1 aliphatic rings. The third-order valence-electron chi connectivity index (χ3n) is 6.59. The van der Waals surface area contributed by atoms with Gasteiger partial charge in [-0.1, -0.05) is 32.4 Å². The van der Waals surface area contributed by atoms with Crippen molar-refractivity contribution in [2.45, 2.75) is 46.2 Å². The Kier molecular flexibility index (Phi) is 7.47. The lowest BCUT2D eigenvalue weighted by Gasteiger charge is -2.24. The van der Waals surface area contributed by atoms with Gasteiger partial charge in [0.25, 0.3) is 5.91 Å². The van der Waals surface area contributed by atoms with Crippen LogP contribution in [0.2, 0.25) is 0 Å². The Morgan fingerprint density at radius 1 is 1.11 bits per heavy atom. The summed E-state index contributed by atoms with van der Waals surface area (Å²) in [4.78, 5) is 39.6. The maximum Gasteiger partial charge on any atom is 0.257 e. The minimum Gasteiger partial charge on any atom is -0.508 e. The van der Waals surface area contributed by atoms with E-state index in [-0.39, 0.29) is 29.9 Å². The highest BCUT2D eigenvalue weighted by Crippen LogP contribution is 2.35. The lowest BCUT2D eigenvalue weighted by molar-refractivity contribution is -0.124. The number of fused-ring (bicyclic) bond motifs is 2. The molecule has 4 rings (SSSR count). The average molecular weight is 494 g/mol. The van der Waals surface area contributed by atoms with E-state index < -0.39 is 17.4 Å². The Balaban J connectivity index is 1.54. The average Bonchev–Trinajstić information content (AvgIpc) is 3.34. The van der Waals surface area contributed by atoms with Gasteiger partial charge in [0.2, 0.25) is 18.1 Å². The van der Waals surface area contributed by atoms with Gasteiger partial charge in [0, 0.05) is 25.4 Å². The first-order valence-electron chi connectivity index (χ1n) is 12.2. The normalized spacial score (nSPS) is 13.9. The number of hydrogen-bond acceptors (Lipinski definition) is 6. The van der Waals surface area contributed by atoms with Gasteiger partial charge in [0.1, 0.15) is 17.4 Å². The van der Waals surface area contributed by atoms with Gasteiger partial charge in [-0.2, -0.15) is 0 Å². The number of carbonyl (C=O) groups is 2. The number of nitrogens with zero attached hydrogens (tertiary/aromatic N) is 1. The molecule has 0 aliphatic carbocycles. The molecule has 2 amide bonds. The molecular weight excluding hydrogens is 462 g/mol. The Bertz CT molecular complexity index is 1330. The number of aryl methyl sites for hydroxylation is 1. The number of phenolic OH excluding ortho intramolecular Hbond substituents is 1. The summed E-state index contributed by atoms with van der Waals surface area (Å²) in [5, 5.41) is 15.4. The predicted molar refractivity (Wildman–Crippen MR) is 136 cm³/mol. The molecule has 2 heterocycles. The third kappa shape index (κ3) is 5.15. The maximum atomic E-state index is 13.3. The zero-order valence-corrected chi connectivity index (χ0v) is 20.7. The van der Waals surface area contributed by atoms with Crippen LogP contribution in [0.15, 0.2) is 47.4 Å². The summed E-state index contributed by atoms with van der Waals surface area (Å²) in [7, 11) is 0. The number of hydrogen-bond donors (Lipinski definition) is 3. The number of amides is 2. The van der Waals surface area contributed by atoms with E-state index >= 15 is 0 Å². The van der Waals surface area contributed by atoms with Crippen LogP contribution in [0.25, 0.3) is 10.9 Å². The van der Waals surface area contributed by atoms with Gasteiger partial charge < -0.3 is 29.8 Å². The molecule has 1 aliphatic heterocycles. The van der Waals surface area contributed by atoms with Crippen LogP contribution in [0.3, 0.4) is 0 Å². The second-order valence-electron chi connectivity index (χ2n) is 8.92. The fourth-order valence-corrected chi connectivity index (χ4v) is 4.23. The topological polar surface area (TPSA) is 119 Å². The highest BCUT2D eigenvalue weighted by molar-refractivity contribution is 6.00. The van der Waals surface area contributed by atoms with E-state index in [0.29, 0.717) is 48.3 Å². The molecule has 9 nitrogen and oxygen atoms in total. The number of benzene rings is 2. The van der Waals surface area contributed by atoms with Gasteiger partial charge in [-0.15, -0.1) is 0 Å². The van der Waals surface area contributed by atoms with Crippen LogP contribution in [0.1, 0.15) is 43.1 Å². The van der Waals surface area contributed by atoms with E-state index in [4.69, 9.17) is 9.47 Å². The lowest BCUT2D eigenvalue weighted by Crippen LogP contribution is -2.51. The summed E-state index contributed by atoms with van der Waals surface area (Å²) in [6, 6.07) is 9.32. The zero-order chi connectivity index (χ0) is 25.8. The molecule has 0 fully saturated rings. The number of nitrogens with one attached hydrogen (secondary N) is 2. The quantitative estimate of drug-likeness (QED) is 0.422. The van der Waals surface area contributed by atoms with Crippen molar-refractivity contribution >= 4 is 22.7 Å². The second-order valence-corrected chi connectivity index (χ2v) is 8.92.